The SMILES string of the molecule is CCCCOc1ccc(C2CCC(CCc3ccc(C4CCC(C)CC4)c(F)c3F)CC2)cc1F. The summed E-state index contributed by atoms with van der Waals surface area (Å²) in [6.45, 7) is 4.87. The number of hydrogen-bond donors (Lipinski definition) is 0. The van der Waals surface area contributed by atoms with Gasteiger partial charge in [0.1, 0.15) is 0 Å². The Kier molecular flexibility index (Phi) is 9.19. The van der Waals surface area contributed by atoms with Gasteiger partial charge in [0.15, 0.2) is 23.2 Å². The molecular formula is C31H41F3O. The predicted molar refractivity (Wildman–Crippen MR) is 137 cm³/mol. The first-order chi connectivity index (χ1) is 17.0. The molecule has 0 aromatic heterocycles. The highest BCUT2D eigenvalue weighted by Crippen LogP contribution is 2.40. The van der Waals surface area contributed by atoms with Crippen molar-refractivity contribution in [1.82, 2.24) is 0 Å². The summed E-state index contributed by atoms with van der Waals surface area (Å²) in [5, 5.41) is 0. The molecular weight excluding hydrogens is 445 g/mol. The van der Waals surface area contributed by atoms with Gasteiger partial charge in [0, 0.05) is 0 Å². The monoisotopic (exact) mass is 486 g/mol. The highest BCUT2D eigenvalue weighted by atomic mass is 19.2. The Morgan fingerprint density at radius 2 is 1.54 bits per heavy atom. The van der Waals surface area contributed by atoms with Crippen molar-refractivity contribution in [2.24, 2.45) is 11.8 Å². The Morgan fingerprint density at radius 1 is 0.829 bits per heavy atom. The van der Waals surface area contributed by atoms with Crippen LogP contribution in [-0.2, 0) is 6.42 Å². The van der Waals surface area contributed by atoms with E-state index in [0.717, 1.165) is 76.2 Å². The van der Waals surface area contributed by atoms with Crippen molar-refractivity contribution < 1.29 is 17.9 Å². The van der Waals surface area contributed by atoms with Gasteiger partial charge in [0.2, 0.25) is 0 Å². The summed E-state index contributed by atoms with van der Waals surface area (Å²) in [5.74, 6) is 0.537. The molecule has 0 aliphatic heterocycles. The highest BCUT2D eigenvalue weighted by molar-refractivity contribution is 5.32. The average Bonchev–Trinajstić information content (AvgIpc) is 2.87. The fourth-order valence-electron chi connectivity index (χ4n) is 6.04. The molecule has 35 heavy (non-hydrogen) atoms. The molecule has 192 valence electrons. The number of benzene rings is 2. The smallest absolute Gasteiger partial charge is 0.165 e. The van der Waals surface area contributed by atoms with Gasteiger partial charge in [-0.1, -0.05) is 51.3 Å². The lowest BCUT2D eigenvalue weighted by Crippen LogP contribution is -2.15. The normalized spacial score (nSPS) is 24.9. The van der Waals surface area contributed by atoms with Gasteiger partial charge in [-0.25, -0.2) is 13.2 Å². The minimum Gasteiger partial charge on any atom is -0.491 e. The Balaban J connectivity index is 1.27. The Bertz CT molecular complexity index is 956. The first-order valence-electron chi connectivity index (χ1n) is 13.8. The molecule has 0 unspecified atom stereocenters. The van der Waals surface area contributed by atoms with E-state index in [4.69, 9.17) is 4.74 Å². The molecule has 0 heterocycles. The largest absolute Gasteiger partial charge is 0.491 e. The van der Waals surface area contributed by atoms with Crippen molar-refractivity contribution >= 4 is 0 Å². The number of aryl methyl sites for hydroxylation is 1. The molecule has 2 fully saturated rings. The lowest BCUT2D eigenvalue weighted by Gasteiger charge is -2.29. The zero-order chi connectivity index (χ0) is 24.8. The third-order valence-corrected chi connectivity index (χ3v) is 8.50. The molecule has 2 aromatic carbocycles. The summed E-state index contributed by atoms with van der Waals surface area (Å²) >= 11 is 0. The predicted octanol–water partition coefficient (Wildman–Crippen LogP) is 9.48. The van der Waals surface area contributed by atoms with E-state index in [1.54, 1.807) is 12.1 Å². The lowest BCUT2D eigenvalue weighted by atomic mass is 9.76. The number of halogens is 3. The second kappa shape index (κ2) is 12.3. The standard InChI is InChI=1S/C31H41F3O/c1-3-4-19-35-29-18-16-26(20-28(29)32)23-12-7-22(8-13-23)9-14-25-15-17-27(31(34)30(25)33)24-10-5-21(2)6-11-24/h15-18,20-24H,3-14,19H2,1-2H3. The summed E-state index contributed by atoms with van der Waals surface area (Å²) in [4.78, 5) is 0. The van der Waals surface area contributed by atoms with Gasteiger partial charge in [-0.15, -0.1) is 0 Å². The molecule has 0 N–H and O–H groups in total. The van der Waals surface area contributed by atoms with E-state index in [1.165, 1.54) is 0 Å². The summed E-state index contributed by atoms with van der Waals surface area (Å²) in [7, 11) is 0. The molecule has 4 rings (SSSR count). The van der Waals surface area contributed by atoms with Crippen molar-refractivity contribution in [2.75, 3.05) is 6.61 Å². The molecule has 0 radical (unpaired) electrons. The molecule has 0 bridgehead atoms. The van der Waals surface area contributed by atoms with E-state index in [0.29, 0.717) is 47.7 Å². The minimum absolute atomic E-state index is 0.159. The van der Waals surface area contributed by atoms with Gasteiger partial charge in [-0.3, -0.25) is 0 Å². The maximum absolute atomic E-state index is 14.9. The van der Waals surface area contributed by atoms with Crippen LogP contribution < -0.4 is 4.74 Å². The van der Waals surface area contributed by atoms with Crippen LogP contribution >= 0.6 is 0 Å². The zero-order valence-corrected chi connectivity index (χ0v) is 21.4. The van der Waals surface area contributed by atoms with Gasteiger partial charge in [-0.05, 0) is 110 Å². The summed E-state index contributed by atoms with van der Waals surface area (Å²) in [6, 6.07) is 9.07. The van der Waals surface area contributed by atoms with Crippen LogP contribution in [0, 0.1) is 29.3 Å². The first kappa shape index (κ1) is 26.1. The van der Waals surface area contributed by atoms with E-state index in [1.807, 2.05) is 18.2 Å². The second-order valence-electron chi connectivity index (χ2n) is 11.0. The van der Waals surface area contributed by atoms with E-state index >= 15 is 0 Å². The molecule has 1 nitrogen and oxygen atoms in total. The van der Waals surface area contributed by atoms with Crippen LogP contribution in [-0.4, -0.2) is 6.61 Å². The molecule has 2 aromatic rings. The molecule has 0 saturated heterocycles. The topological polar surface area (TPSA) is 9.23 Å². The first-order valence-corrected chi connectivity index (χ1v) is 13.8. The van der Waals surface area contributed by atoms with Crippen molar-refractivity contribution in [3.8, 4) is 5.75 Å². The summed E-state index contributed by atoms with van der Waals surface area (Å²) in [6.07, 6.45) is 11.6. The van der Waals surface area contributed by atoms with Gasteiger partial charge in [0.05, 0.1) is 6.61 Å². The third-order valence-electron chi connectivity index (χ3n) is 8.50. The van der Waals surface area contributed by atoms with Crippen LogP contribution in [0.4, 0.5) is 13.2 Å². The van der Waals surface area contributed by atoms with E-state index < -0.39 is 11.6 Å². The van der Waals surface area contributed by atoms with Crippen LogP contribution in [0.25, 0.3) is 0 Å². The highest BCUT2D eigenvalue weighted by Gasteiger charge is 2.26. The van der Waals surface area contributed by atoms with Crippen molar-refractivity contribution in [2.45, 2.75) is 103 Å². The van der Waals surface area contributed by atoms with Crippen LogP contribution in [0.2, 0.25) is 0 Å². The number of hydrogen-bond acceptors (Lipinski definition) is 1. The Morgan fingerprint density at radius 3 is 2.23 bits per heavy atom. The van der Waals surface area contributed by atoms with E-state index in [-0.39, 0.29) is 11.7 Å². The molecule has 0 amide bonds. The second-order valence-corrected chi connectivity index (χ2v) is 11.0. The zero-order valence-electron chi connectivity index (χ0n) is 21.4. The molecule has 2 aliphatic carbocycles. The maximum atomic E-state index is 14.9. The maximum Gasteiger partial charge on any atom is 0.165 e. The minimum atomic E-state index is -0.633. The van der Waals surface area contributed by atoms with Crippen molar-refractivity contribution in [3.63, 3.8) is 0 Å². The molecule has 2 aliphatic rings. The molecule has 0 atom stereocenters. The van der Waals surface area contributed by atoms with Crippen molar-refractivity contribution in [1.29, 1.82) is 0 Å². The number of rotatable bonds is 9. The fraction of sp³-hybridized carbons (Fsp3) is 0.613. The van der Waals surface area contributed by atoms with Crippen LogP contribution in [0.3, 0.4) is 0 Å². The average molecular weight is 487 g/mol. The molecule has 4 heteroatoms. The summed E-state index contributed by atoms with van der Waals surface area (Å²) in [5.41, 5.74) is 2.13. The van der Waals surface area contributed by atoms with Crippen molar-refractivity contribution in [3.05, 3.63) is 64.5 Å². The quantitative estimate of drug-likeness (QED) is 0.321. The van der Waals surface area contributed by atoms with Crippen LogP contribution in [0.15, 0.2) is 30.3 Å². The van der Waals surface area contributed by atoms with E-state index in [2.05, 4.69) is 13.8 Å². The Labute approximate surface area is 209 Å². The van der Waals surface area contributed by atoms with Gasteiger partial charge in [-0.2, -0.15) is 0 Å². The summed E-state index contributed by atoms with van der Waals surface area (Å²) < 4.78 is 49.8. The lowest BCUT2D eigenvalue weighted by molar-refractivity contribution is 0.292. The number of unbranched alkanes of at least 4 members (excludes halogenated alkanes) is 1. The van der Waals surface area contributed by atoms with Gasteiger partial charge < -0.3 is 4.74 Å². The molecule has 2 saturated carbocycles. The molecule has 0 spiro atoms. The third kappa shape index (κ3) is 6.62. The van der Waals surface area contributed by atoms with Gasteiger partial charge >= 0.3 is 0 Å². The van der Waals surface area contributed by atoms with Crippen LogP contribution in [0.5, 0.6) is 5.75 Å². The fourth-order valence-corrected chi connectivity index (χ4v) is 6.04. The number of ether oxygens (including phenoxy) is 1. The van der Waals surface area contributed by atoms with Gasteiger partial charge in [0.25, 0.3) is 0 Å². The Hall–Kier alpha value is -1.97. The van der Waals surface area contributed by atoms with Crippen LogP contribution in [0.1, 0.15) is 113 Å². The van der Waals surface area contributed by atoms with E-state index in [9.17, 15) is 13.2 Å².